The van der Waals surface area contributed by atoms with Gasteiger partial charge in [-0.1, -0.05) is 59.6 Å². The molecule has 0 saturated carbocycles. The van der Waals surface area contributed by atoms with Gasteiger partial charge in [-0.2, -0.15) is 0 Å². The summed E-state index contributed by atoms with van der Waals surface area (Å²) in [6.45, 7) is 1.86. The topological polar surface area (TPSA) is 84.2 Å². The summed E-state index contributed by atoms with van der Waals surface area (Å²) in [5.74, 6) is -0.536. The lowest BCUT2D eigenvalue weighted by molar-refractivity contribution is -0.122. The SMILES string of the molecule is C[C@@H](N[C@@H](C(=O)NC(N)=O)c1ccccc1)c1ccc(Cl)cc1Cl. The van der Waals surface area contributed by atoms with Crippen LogP contribution in [-0.2, 0) is 4.79 Å². The zero-order valence-corrected chi connectivity index (χ0v) is 14.4. The van der Waals surface area contributed by atoms with Crippen LogP contribution < -0.4 is 16.4 Å². The number of halogens is 2. The summed E-state index contributed by atoms with van der Waals surface area (Å²) in [6, 6.07) is 12.2. The molecule has 2 rings (SSSR count). The summed E-state index contributed by atoms with van der Waals surface area (Å²) >= 11 is 12.1. The molecule has 0 aromatic heterocycles. The molecular formula is C17H17Cl2N3O2. The van der Waals surface area contributed by atoms with Gasteiger partial charge in [0.1, 0.15) is 6.04 Å². The van der Waals surface area contributed by atoms with Gasteiger partial charge in [-0.15, -0.1) is 0 Å². The summed E-state index contributed by atoms with van der Waals surface area (Å²) in [7, 11) is 0. The van der Waals surface area contributed by atoms with Gasteiger partial charge in [-0.25, -0.2) is 4.79 Å². The number of urea groups is 1. The van der Waals surface area contributed by atoms with Gasteiger partial charge in [0.05, 0.1) is 0 Å². The van der Waals surface area contributed by atoms with E-state index in [2.05, 4.69) is 10.6 Å². The quantitative estimate of drug-likeness (QED) is 0.756. The van der Waals surface area contributed by atoms with Crippen LogP contribution in [-0.4, -0.2) is 11.9 Å². The van der Waals surface area contributed by atoms with Gasteiger partial charge < -0.3 is 5.73 Å². The second-order valence-electron chi connectivity index (χ2n) is 5.25. The molecule has 0 aliphatic carbocycles. The van der Waals surface area contributed by atoms with Crippen molar-refractivity contribution in [1.29, 1.82) is 0 Å². The largest absolute Gasteiger partial charge is 0.351 e. The number of primary amides is 1. The first kappa shape index (κ1) is 18.3. The minimum atomic E-state index is -0.903. The summed E-state index contributed by atoms with van der Waals surface area (Å²) in [5.41, 5.74) is 6.55. The highest BCUT2D eigenvalue weighted by Crippen LogP contribution is 2.28. The van der Waals surface area contributed by atoms with Crippen molar-refractivity contribution >= 4 is 35.1 Å². The smallest absolute Gasteiger partial charge is 0.318 e. The van der Waals surface area contributed by atoms with E-state index in [0.717, 1.165) is 5.56 Å². The maximum Gasteiger partial charge on any atom is 0.318 e. The first-order valence-corrected chi connectivity index (χ1v) is 8.00. The van der Waals surface area contributed by atoms with E-state index in [1.54, 1.807) is 30.3 Å². The first-order chi connectivity index (χ1) is 11.4. The van der Waals surface area contributed by atoms with E-state index >= 15 is 0 Å². The van der Waals surface area contributed by atoms with Crippen LogP contribution in [0.5, 0.6) is 0 Å². The van der Waals surface area contributed by atoms with E-state index in [1.807, 2.05) is 25.1 Å². The minimum Gasteiger partial charge on any atom is -0.351 e. The maximum atomic E-state index is 12.3. The zero-order chi connectivity index (χ0) is 17.7. The van der Waals surface area contributed by atoms with Crippen LogP contribution in [0.4, 0.5) is 4.79 Å². The molecule has 0 radical (unpaired) electrons. The number of rotatable bonds is 5. The summed E-state index contributed by atoms with van der Waals surface area (Å²) in [4.78, 5) is 23.4. The molecule has 4 N–H and O–H groups in total. The molecule has 2 atom stereocenters. The van der Waals surface area contributed by atoms with Crippen LogP contribution in [0, 0.1) is 0 Å². The average molecular weight is 366 g/mol. The first-order valence-electron chi connectivity index (χ1n) is 7.24. The Hall–Kier alpha value is -2.08. The Labute approximate surface area is 150 Å². The van der Waals surface area contributed by atoms with Crippen molar-refractivity contribution < 1.29 is 9.59 Å². The van der Waals surface area contributed by atoms with Crippen LogP contribution in [0.1, 0.15) is 30.1 Å². The predicted octanol–water partition coefficient (Wildman–Crippen LogP) is 3.58. The highest BCUT2D eigenvalue weighted by Gasteiger charge is 2.24. The van der Waals surface area contributed by atoms with Crippen molar-refractivity contribution in [3.05, 3.63) is 69.7 Å². The molecule has 0 bridgehead atoms. The van der Waals surface area contributed by atoms with Crippen molar-refractivity contribution in [3.8, 4) is 0 Å². The fourth-order valence-corrected chi connectivity index (χ4v) is 2.93. The van der Waals surface area contributed by atoms with E-state index in [0.29, 0.717) is 15.6 Å². The third kappa shape index (κ3) is 4.71. The van der Waals surface area contributed by atoms with Crippen LogP contribution in [0.2, 0.25) is 10.0 Å². The minimum absolute atomic E-state index is 0.265. The van der Waals surface area contributed by atoms with E-state index < -0.39 is 18.0 Å². The monoisotopic (exact) mass is 365 g/mol. The molecule has 2 aromatic rings. The standard InChI is InChI=1S/C17H17Cl2N3O2/c1-10(13-8-7-12(18)9-14(13)19)21-15(16(23)22-17(20)24)11-5-3-2-4-6-11/h2-10,15,21H,1H3,(H3,20,22,23,24)/t10-,15-/m1/s1. The van der Waals surface area contributed by atoms with Crippen molar-refractivity contribution in [2.24, 2.45) is 5.73 Å². The van der Waals surface area contributed by atoms with Gasteiger partial charge >= 0.3 is 6.03 Å². The average Bonchev–Trinajstić information content (AvgIpc) is 2.52. The normalized spacial score (nSPS) is 13.1. The molecule has 0 aliphatic rings. The van der Waals surface area contributed by atoms with Gasteiger partial charge in [0, 0.05) is 16.1 Å². The second kappa shape index (κ2) is 8.15. The molecule has 126 valence electrons. The van der Waals surface area contributed by atoms with Crippen LogP contribution in [0.15, 0.2) is 48.5 Å². The molecule has 0 spiro atoms. The Morgan fingerprint density at radius 3 is 2.33 bits per heavy atom. The summed E-state index contributed by atoms with van der Waals surface area (Å²) in [5, 5.41) is 6.29. The molecule has 0 aliphatic heterocycles. The zero-order valence-electron chi connectivity index (χ0n) is 12.9. The van der Waals surface area contributed by atoms with E-state index in [9.17, 15) is 9.59 Å². The molecule has 0 fully saturated rings. The number of nitrogens with two attached hydrogens (primary N) is 1. The Kier molecular flexibility index (Phi) is 6.20. The fourth-order valence-electron chi connectivity index (χ4n) is 2.35. The summed E-state index contributed by atoms with van der Waals surface area (Å²) < 4.78 is 0. The lowest BCUT2D eigenvalue weighted by Gasteiger charge is -2.23. The number of hydrogen-bond acceptors (Lipinski definition) is 3. The number of carbonyl (C=O) groups excluding carboxylic acids is 2. The van der Waals surface area contributed by atoms with Crippen molar-refractivity contribution in [1.82, 2.24) is 10.6 Å². The second-order valence-corrected chi connectivity index (χ2v) is 6.10. The number of hydrogen-bond donors (Lipinski definition) is 3. The third-order valence-electron chi connectivity index (χ3n) is 3.49. The number of carbonyl (C=O) groups is 2. The Morgan fingerprint density at radius 1 is 1.08 bits per heavy atom. The van der Waals surface area contributed by atoms with Crippen LogP contribution in [0.3, 0.4) is 0 Å². The molecule has 0 saturated heterocycles. The maximum absolute atomic E-state index is 12.3. The molecule has 0 heterocycles. The lowest BCUT2D eigenvalue weighted by Crippen LogP contribution is -2.43. The number of amides is 3. The number of benzene rings is 2. The molecule has 7 heteroatoms. The fraction of sp³-hybridized carbons (Fsp3) is 0.176. The van der Waals surface area contributed by atoms with Crippen LogP contribution in [0.25, 0.3) is 0 Å². The van der Waals surface area contributed by atoms with Gasteiger partial charge in [0.25, 0.3) is 0 Å². The molecule has 2 aromatic carbocycles. The van der Waals surface area contributed by atoms with Crippen molar-refractivity contribution in [2.75, 3.05) is 0 Å². The Balaban J connectivity index is 2.27. The molecular weight excluding hydrogens is 349 g/mol. The molecule has 24 heavy (non-hydrogen) atoms. The molecule has 5 nitrogen and oxygen atoms in total. The van der Waals surface area contributed by atoms with Crippen molar-refractivity contribution in [3.63, 3.8) is 0 Å². The highest BCUT2D eigenvalue weighted by molar-refractivity contribution is 6.35. The third-order valence-corrected chi connectivity index (χ3v) is 4.05. The van der Waals surface area contributed by atoms with E-state index in [-0.39, 0.29) is 6.04 Å². The predicted molar refractivity (Wildman–Crippen MR) is 94.9 cm³/mol. The lowest BCUT2D eigenvalue weighted by atomic mass is 10.0. The van der Waals surface area contributed by atoms with Gasteiger partial charge in [0.15, 0.2) is 0 Å². The summed E-state index contributed by atoms with van der Waals surface area (Å²) in [6.07, 6.45) is 0. The van der Waals surface area contributed by atoms with Gasteiger partial charge in [-0.05, 0) is 30.2 Å². The van der Waals surface area contributed by atoms with Crippen LogP contribution >= 0.6 is 23.2 Å². The highest BCUT2D eigenvalue weighted by atomic mass is 35.5. The number of imide groups is 1. The number of nitrogens with one attached hydrogen (secondary N) is 2. The Bertz CT molecular complexity index is 738. The van der Waals surface area contributed by atoms with E-state index in [1.165, 1.54) is 0 Å². The molecule has 0 unspecified atom stereocenters. The molecule has 3 amide bonds. The van der Waals surface area contributed by atoms with Crippen molar-refractivity contribution in [2.45, 2.75) is 19.0 Å². The van der Waals surface area contributed by atoms with Gasteiger partial charge in [0.2, 0.25) is 5.91 Å². The van der Waals surface area contributed by atoms with E-state index in [4.69, 9.17) is 28.9 Å². The van der Waals surface area contributed by atoms with Gasteiger partial charge in [-0.3, -0.25) is 15.4 Å². The Morgan fingerprint density at radius 2 is 1.75 bits per heavy atom.